The molecule has 0 spiro atoms. The van der Waals surface area contributed by atoms with E-state index in [1.807, 2.05) is 6.92 Å². The number of esters is 2. The molecule has 0 aliphatic heterocycles. The van der Waals surface area contributed by atoms with E-state index in [0.29, 0.717) is 6.42 Å². The van der Waals surface area contributed by atoms with Crippen LogP contribution in [0.1, 0.15) is 245 Å². The Balaban J connectivity index is 3.84. The van der Waals surface area contributed by atoms with Gasteiger partial charge in [0.2, 0.25) is 0 Å². The first kappa shape index (κ1) is 44.9. The Morgan fingerprint density at radius 3 is 0.826 bits per heavy atom. The standard InChI is InChI=1S/C41H80O5/c1-4-7-10-12-14-16-18-20-22-24-26-28-30-32-34-36-39(42)45-41(44,38-9-6-3)46-40(43)37-35-33-31-29-27-25-23-21-19-17-15-13-11-8-5-2/h44H,4-38H2,1-3H3. The van der Waals surface area contributed by atoms with E-state index in [4.69, 9.17) is 9.47 Å². The van der Waals surface area contributed by atoms with E-state index < -0.39 is 17.9 Å². The molecule has 0 unspecified atom stereocenters. The van der Waals surface area contributed by atoms with Crippen molar-refractivity contribution in [3.8, 4) is 0 Å². The van der Waals surface area contributed by atoms with Crippen LogP contribution in [0.3, 0.4) is 0 Å². The van der Waals surface area contributed by atoms with Gasteiger partial charge in [-0.1, -0.05) is 207 Å². The third kappa shape index (κ3) is 32.8. The van der Waals surface area contributed by atoms with Crippen LogP contribution in [-0.2, 0) is 19.1 Å². The summed E-state index contributed by atoms with van der Waals surface area (Å²) in [6, 6.07) is 0. The minimum atomic E-state index is -2.13. The van der Waals surface area contributed by atoms with Gasteiger partial charge in [-0.2, -0.15) is 0 Å². The molecule has 5 heteroatoms. The molecular formula is C41H80O5. The van der Waals surface area contributed by atoms with Gasteiger partial charge in [0, 0.05) is 12.8 Å². The molecule has 274 valence electrons. The monoisotopic (exact) mass is 653 g/mol. The molecule has 0 radical (unpaired) electrons. The van der Waals surface area contributed by atoms with Crippen LogP contribution >= 0.6 is 0 Å². The molecule has 0 aromatic heterocycles. The SMILES string of the molecule is CCCCCCCCCCCCCCCCCC(=O)OC(O)(CCCC)OC(=O)CCCCCCCCCCCCCCCCC. The Morgan fingerprint density at radius 1 is 0.370 bits per heavy atom. The Morgan fingerprint density at radius 2 is 0.587 bits per heavy atom. The number of ether oxygens (including phenoxy) is 2. The quantitative estimate of drug-likeness (QED) is 0.0411. The molecule has 0 aliphatic carbocycles. The van der Waals surface area contributed by atoms with Crippen LogP contribution < -0.4 is 0 Å². The van der Waals surface area contributed by atoms with Crippen LogP contribution in [0, 0.1) is 0 Å². The fraction of sp³-hybridized carbons (Fsp3) is 0.951. The van der Waals surface area contributed by atoms with E-state index in [1.54, 1.807) is 0 Å². The highest BCUT2D eigenvalue weighted by Crippen LogP contribution is 2.22. The summed E-state index contributed by atoms with van der Waals surface area (Å²) in [5.74, 6) is -3.09. The maximum atomic E-state index is 12.5. The summed E-state index contributed by atoms with van der Waals surface area (Å²) >= 11 is 0. The molecule has 0 heterocycles. The maximum absolute atomic E-state index is 12.5. The molecule has 1 N–H and O–H groups in total. The van der Waals surface area contributed by atoms with Crippen molar-refractivity contribution in [3.05, 3.63) is 0 Å². The molecule has 0 bridgehead atoms. The minimum absolute atomic E-state index is 0.124. The van der Waals surface area contributed by atoms with Crippen LogP contribution in [0.15, 0.2) is 0 Å². The van der Waals surface area contributed by atoms with Crippen LogP contribution in [-0.4, -0.2) is 23.0 Å². The molecule has 0 amide bonds. The fourth-order valence-corrected chi connectivity index (χ4v) is 6.26. The lowest BCUT2D eigenvalue weighted by Crippen LogP contribution is -2.40. The number of rotatable bonds is 37. The number of hydrogen-bond acceptors (Lipinski definition) is 5. The van der Waals surface area contributed by atoms with Crippen molar-refractivity contribution in [1.82, 2.24) is 0 Å². The van der Waals surface area contributed by atoms with Gasteiger partial charge in [0.25, 0.3) is 0 Å². The average molecular weight is 653 g/mol. The summed E-state index contributed by atoms with van der Waals surface area (Å²) in [6.07, 6.45) is 40.2. The van der Waals surface area contributed by atoms with Crippen molar-refractivity contribution in [3.63, 3.8) is 0 Å². The third-order valence-corrected chi connectivity index (χ3v) is 9.36. The summed E-state index contributed by atoms with van der Waals surface area (Å²) in [4.78, 5) is 24.9. The summed E-state index contributed by atoms with van der Waals surface area (Å²) in [6.45, 7) is 6.54. The zero-order valence-corrected chi connectivity index (χ0v) is 31.3. The van der Waals surface area contributed by atoms with Gasteiger partial charge in [-0.05, 0) is 19.3 Å². The van der Waals surface area contributed by atoms with Gasteiger partial charge in [0.1, 0.15) is 0 Å². The van der Waals surface area contributed by atoms with Crippen molar-refractivity contribution in [2.75, 3.05) is 0 Å². The summed E-state index contributed by atoms with van der Waals surface area (Å²) in [5, 5.41) is 10.8. The molecule has 0 atom stereocenters. The summed E-state index contributed by atoms with van der Waals surface area (Å²) < 4.78 is 10.7. The lowest BCUT2D eigenvalue weighted by atomic mass is 10.0. The van der Waals surface area contributed by atoms with Gasteiger partial charge in [0.05, 0.1) is 6.42 Å². The normalized spacial score (nSPS) is 11.7. The lowest BCUT2D eigenvalue weighted by Gasteiger charge is -2.27. The van der Waals surface area contributed by atoms with Crippen molar-refractivity contribution in [2.45, 2.75) is 251 Å². The molecule has 46 heavy (non-hydrogen) atoms. The van der Waals surface area contributed by atoms with E-state index in [9.17, 15) is 14.7 Å². The van der Waals surface area contributed by atoms with Crippen molar-refractivity contribution in [1.29, 1.82) is 0 Å². The maximum Gasteiger partial charge on any atom is 0.373 e. The molecule has 0 saturated heterocycles. The lowest BCUT2D eigenvalue weighted by molar-refractivity contribution is -0.328. The molecule has 0 fully saturated rings. The van der Waals surface area contributed by atoms with E-state index in [1.165, 1.54) is 154 Å². The van der Waals surface area contributed by atoms with Gasteiger partial charge >= 0.3 is 17.9 Å². The molecule has 0 aliphatic rings. The number of carbonyl (C=O) groups is 2. The van der Waals surface area contributed by atoms with Gasteiger partial charge in [-0.25, -0.2) is 0 Å². The predicted octanol–water partition coefficient (Wildman–Crippen LogP) is 13.4. The average Bonchev–Trinajstić information content (AvgIpc) is 3.03. The first-order valence-corrected chi connectivity index (χ1v) is 20.6. The van der Waals surface area contributed by atoms with Gasteiger partial charge < -0.3 is 14.6 Å². The Kier molecular flexibility index (Phi) is 34.4. The highest BCUT2D eigenvalue weighted by atomic mass is 16.8. The Bertz CT molecular complexity index is 601. The van der Waals surface area contributed by atoms with E-state index in [-0.39, 0.29) is 19.3 Å². The van der Waals surface area contributed by atoms with Gasteiger partial charge in [-0.3, -0.25) is 9.59 Å². The predicted molar refractivity (Wildman–Crippen MR) is 196 cm³/mol. The largest absolute Gasteiger partial charge is 0.398 e. The van der Waals surface area contributed by atoms with Crippen LogP contribution in [0.4, 0.5) is 0 Å². The van der Waals surface area contributed by atoms with E-state index >= 15 is 0 Å². The third-order valence-electron chi connectivity index (χ3n) is 9.36. The minimum Gasteiger partial charge on any atom is -0.398 e. The number of unbranched alkanes of at least 4 members (excludes halogenated alkanes) is 29. The van der Waals surface area contributed by atoms with E-state index in [0.717, 1.165) is 44.9 Å². The zero-order valence-electron chi connectivity index (χ0n) is 31.3. The number of carbonyl (C=O) groups excluding carboxylic acids is 2. The Labute approximate surface area is 287 Å². The second-order valence-corrected chi connectivity index (χ2v) is 14.2. The molecule has 0 rings (SSSR count). The molecule has 5 nitrogen and oxygen atoms in total. The Hall–Kier alpha value is -1.10. The molecule has 0 saturated carbocycles. The molecule has 0 aromatic rings. The van der Waals surface area contributed by atoms with Crippen LogP contribution in [0.2, 0.25) is 0 Å². The second kappa shape index (κ2) is 35.2. The first-order chi connectivity index (χ1) is 22.5. The van der Waals surface area contributed by atoms with Crippen molar-refractivity contribution in [2.24, 2.45) is 0 Å². The van der Waals surface area contributed by atoms with Crippen molar-refractivity contribution >= 4 is 11.9 Å². The van der Waals surface area contributed by atoms with Gasteiger partial charge in [0.15, 0.2) is 0 Å². The van der Waals surface area contributed by atoms with Crippen molar-refractivity contribution < 1.29 is 24.2 Å². The van der Waals surface area contributed by atoms with Crippen LogP contribution in [0.5, 0.6) is 0 Å². The topological polar surface area (TPSA) is 72.8 Å². The van der Waals surface area contributed by atoms with E-state index in [2.05, 4.69) is 13.8 Å². The summed E-state index contributed by atoms with van der Waals surface area (Å²) in [5.41, 5.74) is 0. The zero-order chi connectivity index (χ0) is 33.8. The highest BCUT2D eigenvalue weighted by molar-refractivity contribution is 5.71. The second-order valence-electron chi connectivity index (χ2n) is 14.2. The molecular weight excluding hydrogens is 572 g/mol. The number of aliphatic hydroxyl groups is 1. The number of hydrogen-bond donors (Lipinski definition) is 1. The van der Waals surface area contributed by atoms with Crippen LogP contribution in [0.25, 0.3) is 0 Å². The summed E-state index contributed by atoms with van der Waals surface area (Å²) in [7, 11) is 0. The highest BCUT2D eigenvalue weighted by Gasteiger charge is 2.35. The van der Waals surface area contributed by atoms with Gasteiger partial charge in [-0.15, -0.1) is 0 Å². The fourth-order valence-electron chi connectivity index (χ4n) is 6.26. The smallest absolute Gasteiger partial charge is 0.373 e. The first-order valence-electron chi connectivity index (χ1n) is 20.6. The molecule has 0 aromatic carbocycles.